The minimum absolute atomic E-state index is 0.0835. The van der Waals surface area contributed by atoms with Crippen LogP contribution in [0.4, 0.5) is 11.4 Å². The van der Waals surface area contributed by atoms with Crippen molar-refractivity contribution in [3.05, 3.63) is 58.6 Å². The number of carbonyl (C=O) groups excluding carboxylic acids is 1. The smallest absolute Gasteiger partial charge is 0.271 e. The Balaban J connectivity index is 1.67. The lowest BCUT2D eigenvalue weighted by atomic mass is 9.97. The van der Waals surface area contributed by atoms with E-state index in [1.54, 1.807) is 6.07 Å². The summed E-state index contributed by atoms with van der Waals surface area (Å²) in [6.07, 6.45) is 1.54. The normalized spacial score (nSPS) is 16.0. The van der Waals surface area contributed by atoms with Gasteiger partial charge in [-0.25, -0.2) is 16.8 Å². The molecule has 0 aromatic heterocycles. The number of nitrogens with zero attached hydrogens (tertiary/aromatic N) is 2. The molecule has 2 aromatic rings. The number of hydrogen-bond acceptors (Lipinski definition) is 7. The Labute approximate surface area is 180 Å². The van der Waals surface area contributed by atoms with Gasteiger partial charge in [-0.05, 0) is 37.1 Å². The summed E-state index contributed by atoms with van der Waals surface area (Å²) in [6.45, 7) is 0.191. The third-order valence-electron chi connectivity index (χ3n) is 5.02. The highest BCUT2D eigenvalue weighted by Crippen LogP contribution is 2.26. The van der Waals surface area contributed by atoms with Gasteiger partial charge in [-0.2, -0.15) is 4.31 Å². The molecule has 2 aromatic carbocycles. The fourth-order valence-corrected chi connectivity index (χ4v) is 5.57. The van der Waals surface area contributed by atoms with Crippen molar-refractivity contribution in [3.63, 3.8) is 0 Å². The second kappa shape index (κ2) is 8.73. The SMILES string of the molecule is CS(=O)(=O)c1cccc(S(=O)(=O)N2CCC(C(=O)Nc3cccc([N+](=O)[O-])c3)CC2)c1. The van der Waals surface area contributed by atoms with E-state index in [1.807, 2.05) is 0 Å². The number of sulfonamides is 1. The van der Waals surface area contributed by atoms with E-state index in [4.69, 9.17) is 0 Å². The van der Waals surface area contributed by atoms with Gasteiger partial charge in [0, 0.05) is 43.1 Å². The summed E-state index contributed by atoms with van der Waals surface area (Å²) in [7, 11) is -7.46. The van der Waals surface area contributed by atoms with Crippen molar-refractivity contribution in [1.29, 1.82) is 0 Å². The van der Waals surface area contributed by atoms with Crippen molar-refractivity contribution >= 4 is 37.1 Å². The fraction of sp³-hybridized carbons (Fsp3) is 0.316. The third kappa shape index (κ3) is 5.27. The molecule has 0 radical (unpaired) electrons. The second-order valence-corrected chi connectivity index (χ2v) is 11.2. The van der Waals surface area contributed by atoms with Crippen molar-refractivity contribution < 1.29 is 26.6 Å². The van der Waals surface area contributed by atoms with E-state index in [0.29, 0.717) is 5.69 Å². The number of rotatable bonds is 6. The molecule has 166 valence electrons. The Bertz CT molecular complexity index is 1220. The van der Waals surface area contributed by atoms with Gasteiger partial charge in [-0.15, -0.1) is 0 Å². The summed E-state index contributed by atoms with van der Waals surface area (Å²) in [6, 6.07) is 10.8. The lowest BCUT2D eigenvalue weighted by Gasteiger charge is -2.30. The number of nitrogens with one attached hydrogen (secondary N) is 1. The molecule has 0 saturated carbocycles. The van der Waals surface area contributed by atoms with Crippen LogP contribution in [0.15, 0.2) is 58.3 Å². The molecule has 12 heteroatoms. The van der Waals surface area contributed by atoms with E-state index in [2.05, 4.69) is 5.32 Å². The number of nitro groups is 1. The third-order valence-corrected chi connectivity index (χ3v) is 8.03. The van der Waals surface area contributed by atoms with E-state index < -0.39 is 30.7 Å². The molecule has 1 fully saturated rings. The quantitative estimate of drug-likeness (QED) is 0.506. The van der Waals surface area contributed by atoms with E-state index >= 15 is 0 Å². The van der Waals surface area contributed by atoms with Crippen molar-refractivity contribution in [2.24, 2.45) is 5.92 Å². The highest BCUT2D eigenvalue weighted by atomic mass is 32.2. The number of piperidine rings is 1. The van der Waals surface area contributed by atoms with E-state index in [1.165, 1.54) is 40.7 Å². The maximum Gasteiger partial charge on any atom is 0.271 e. The minimum atomic E-state index is -3.91. The summed E-state index contributed by atoms with van der Waals surface area (Å²) >= 11 is 0. The molecular formula is C19H21N3O7S2. The van der Waals surface area contributed by atoms with Crippen LogP contribution in [0.1, 0.15) is 12.8 Å². The van der Waals surface area contributed by atoms with Gasteiger partial charge in [0.2, 0.25) is 15.9 Å². The Morgan fingerprint density at radius 1 is 1.03 bits per heavy atom. The maximum atomic E-state index is 12.9. The summed E-state index contributed by atoms with van der Waals surface area (Å²) < 4.78 is 50.5. The average molecular weight is 468 g/mol. The molecule has 1 amide bonds. The summed E-state index contributed by atoms with van der Waals surface area (Å²) in [5.41, 5.74) is 0.155. The van der Waals surface area contributed by atoms with Crippen molar-refractivity contribution in [1.82, 2.24) is 4.31 Å². The molecule has 1 N–H and O–H groups in total. The van der Waals surface area contributed by atoms with Crippen LogP contribution in [0.3, 0.4) is 0 Å². The molecule has 0 bridgehead atoms. The zero-order valence-electron chi connectivity index (χ0n) is 16.6. The number of sulfone groups is 1. The van der Waals surface area contributed by atoms with Crippen LogP contribution >= 0.6 is 0 Å². The van der Waals surface area contributed by atoms with Crippen molar-refractivity contribution in [3.8, 4) is 0 Å². The molecular weight excluding hydrogens is 446 g/mol. The van der Waals surface area contributed by atoms with Gasteiger partial charge in [0.25, 0.3) is 5.69 Å². The van der Waals surface area contributed by atoms with E-state index in [0.717, 1.165) is 12.3 Å². The number of carbonyl (C=O) groups is 1. The number of benzene rings is 2. The van der Waals surface area contributed by atoms with Gasteiger partial charge in [-0.1, -0.05) is 12.1 Å². The lowest BCUT2D eigenvalue weighted by Crippen LogP contribution is -2.41. The molecule has 0 spiro atoms. The fourth-order valence-electron chi connectivity index (χ4n) is 3.31. The van der Waals surface area contributed by atoms with Gasteiger partial charge < -0.3 is 5.32 Å². The predicted octanol–water partition coefficient (Wildman–Crippen LogP) is 2.04. The van der Waals surface area contributed by atoms with Crippen LogP contribution in [-0.2, 0) is 24.7 Å². The van der Waals surface area contributed by atoms with Gasteiger partial charge in [0.1, 0.15) is 0 Å². The molecule has 0 aliphatic carbocycles. The van der Waals surface area contributed by atoms with Gasteiger partial charge in [-0.3, -0.25) is 14.9 Å². The maximum absolute atomic E-state index is 12.9. The topological polar surface area (TPSA) is 144 Å². The first-order chi connectivity index (χ1) is 14.5. The molecule has 31 heavy (non-hydrogen) atoms. The Hall–Kier alpha value is -2.83. The van der Waals surface area contributed by atoms with Crippen molar-refractivity contribution in [2.75, 3.05) is 24.7 Å². The molecule has 1 heterocycles. The standard InChI is InChI=1S/C19H21N3O7S2/c1-30(26,27)17-6-3-7-18(13-17)31(28,29)21-10-8-14(9-11-21)19(23)20-15-4-2-5-16(12-15)22(24)25/h2-7,12-14H,8-11H2,1H3,(H,20,23). The molecule has 0 atom stereocenters. The summed E-state index contributed by atoms with van der Waals surface area (Å²) in [4.78, 5) is 22.6. The molecule has 10 nitrogen and oxygen atoms in total. The lowest BCUT2D eigenvalue weighted by molar-refractivity contribution is -0.384. The van der Waals surface area contributed by atoms with Crippen LogP contribution in [0.25, 0.3) is 0 Å². The van der Waals surface area contributed by atoms with Gasteiger partial charge in [0.05, 0.1) is 14.7 Å². The number of non-ortho nitro benzene ring substituents is 1. The van der Waals surface area contributed by atoms with Crippen LogP contribution < -0.4 is 5.32 Å². The highest BCUT2D eigenvalue weighted by Gasteiger charge is 2.32. The zero-order valence-corrected chi connectivity index (χ0v) is 18.2. The summed E-state index contributed by atoms with van der Waals surface area (Å²) in [5, 5.41) is 13.5. The predicted molar refractivity (Wildman–Crippen MR) is 113 cm³/mol. The monoisotopic (exact) mass is 467 g/mol. The molecule has 3 rings (SSSR count). The largest absolute Gasteiger partial charge is 0.326 e. The average Bonchev–Trinajstić information content (AvgIpc) is 2.73. The molecule has 1 aliphatic rings. The first-order valence-electron chi connectivity index (χ1n) is 9.34. The first-order valence-corrected chi connectivity index (χ1v) is 12.7. The van der Waals surface area contributed by atoms with Crippen LogP contribution in [0.5, 0.6) is 0 Å². The van der Waals surface area contributed by atoms with E-state index in [9.17, 15) is 31.7 Å². The first kappa shape index (κ1) is 22.8. The number of amides is 1. The number of hydrogen-bond donors (Lipinski definition) is 1. The van der Waals surface area contributed by atoms with E-state index in [-0.39, 0.29) is 47.3 Å². The zero-order chi connectivity index (χ0) is 22.8. The second-order valence-electron chi connectivity index (χ2n) is 7.22. The number of nitro benzene ring substituents is 1. The Kier molecular flexibility index (Phi) is 6.43. The Morgan fingerprint density at radius 2 is 1.65 bits per heavy atom. The van der Waals surface area contributed by atoms with Crippen LogP contribution in [0.2, 0.25) is 0 Å². The molecule has 1 saturated heterocycles. The summed E-state index contributed by atoms with van der Waals surface area (Å²) in [5.74, 6) is -0.787. The Morgan fingerprint density at radius 3 is 2.26 bits per heavy atom. The minimum Gasteiger partial charge on any atom is -0.326 e. The van der Waals surface area contributed by atoms with Gasteiger partial charge in [0.15, 0.2) is 9.84 Å². The van der Waals surface area contributed by atoms with Crippen molar-refractivity contribution in [2.45, 2.75) is 22.6 Å². The van der Waals surface area contributed by atoms with Gasteiger partial charge >= 0.3 is 0 Å². The van der Waals surface area contributed by atoms with Crippen LogP contribution in [0, 0.1) is 16.0 Å². The van der Waals surface area contributed by atoms with Crippen LogP contribution in [-0.4, -0.2) is 51.3 Å². The molecule has 0 unspecified atom stereocenters. The highest BCUT2D eigenvalue weighted by molar-refractivity contribution is 7.91. The molecule has 1 aliphatic heterocycles. The number of anilines is 1.